The van der Waals surface area contributed by atoms with Crippen molar-refractivity contribution in [3.63, 3.8) is 0 Å². The molecule has 1 unspecified atom stereocenters. The summed E-state index contributed by atoms with van der Waals surface area (Å²) in [6, 6.07) is 0. The first-order valence-corrected chi connectivity index (χ1v) is 4.67. The third-order valence-electron chi connectivity index (χ3n) is 0.979. The van der Waals surface area contributed by atoms with Gasteiger partial charge in [0.25, 0.3) is 5.09 Å². The fraction of sp³-hybridized carbons (Fsp3) is 0.833. The van der Waals surface area contributed by atoms with Gasteiger partial charge >= 0.3 is 5.97 Å². The van der Waals surface area contributed by atoms with E-state index in [4.69, 9.17) is 0 Å². The zero-order valence-electron chi connectivity index (χ0n) is 7.39. The van der Waals surface area contributed by atoms with Gasteiger partial charge in [-0.05, 0) is 5.75 Å². The maximum absolute atomic E-state index is 10.4. The Morgan fingerprint density at radius 2 is 2.31 bits per heavy atom. The summed E-state index contributed by atoms with van der Waals surface area (Å²) < 4.78 is 4.57. The molecule has 0 aromatic rings. The molecule has 0 spiro atoms. The van der Waals surface area contributed by atoms with E-state index < -0.39 is 16.5 Å². The lowest BCUT2D eigenvalue weighted by Gasteiger charge is -2.12. The molecule has 0 aromatic carbocycles. The summed E-state index contributed by atoms with van der Waals surface area (Å²) in [6.45, 7) is 2.96. The number of ether oxygens (including phenoxy) is 1. The maximum Gasteiger partial charge on any atom is 0.302 e. The van der Waals surface area contributed by atoms with E-state index in [2.05, 4.69) is 9.57 Å². The normalized spacial score (nSPS) is 11.8. The molecule has 0 bridgehead atoms. The maximum atomic E-state index is 10.4. The zero-order chi connectivity index (χ0) is 10.3. The second-order valence-corrected chi connectivity index (χ2v) is 3.45. The molecule has 6 nitrogen and oxygen atoms in total. The molecule has 0 N–H and O–H groups in total. The van der Waals surface area contributed by atoms with Gasteiger partial charge in [0.15, 0.2) is 5.44 Å². The van der Waals surface area contributed by atoms with Gasteiger partial charge in [-0.25, -0.2) is 0 Å². The molecule has 0 amide bonds. The Balaban J connectivity index is 3.79. The van der Waals surface area contributed by atoms with Crippen LogP contribution in [0.2, 0.25) is 0 Å². The Hall–Kier alpha value is -0.980. The molecule has 0 saturated carbocycles. The van der Waals surface area contributed by atoms with E-state index in [-0.39, 0.29) is 6.61 Å². The Bertz CT molecular complexity index is 186. The van der Waals surface area contributed by atoms with Crippen LogP contribution in [0.3, 0.4) is 0 Å². The van der Waals surface area contributed by atoms with E-state index in [0.29, 0.717) is 5.75 Å². The van der Waals surface area contributed by atoms with Gasteiger partial charge in [0.1, 0.15) is 6.61 Å². The van der Waals surface area contributed by atoms with Gasteiger partial charge in [0.05, 0.1) is 0 Å². The summed E-state index contributed by atoms with van der Waals surface area (Å²) in [4.78, 5) is 24.6. The van der Waals surface area contributed by atoms with Crippen molar-refractivity contribution in [2.75, 3.05) is 12.4 Å². The summed E-state index contributed by atoms with van der Waals surface area (Å²) in [5.74, 6) is 0.174. The highest BCUT2D eigenvalue weighted by Crippen LogP contribution is 2.12. The summed E-state index contributed by atoms with van der Waals surface area (Å²) >= 11 is 1.21. The molecule has 0 aliphatic rings. The lowest BCUT2D eigenvalue weighted by molar-refractivity contribution is -0.762. The molecule has 0 aliphatic carbocycles. The second kappa shape index (κ2) is 6.53. The molecule has 0 fully saturated rings. The van der Waals surface area contributed by atoms with Crippen molar-refractivity contribution in [1.82, 2.24) is 0 Å². The Kier molecular flexibility index (Phi) is 6.03. The van der Waals surface area contributed by atoms with Crippen LogP contribution in [-0.4, -0.2) is 28.9 Å². The zero-order valence-corrected chi connectivity index (χ0v) is 8.20. The smallest absolute Gasteiger partial charge is 0.302 e. The minimum Gasteiger partial charge on any atom is -0.463 e. The molecule has 0 radical (unpaired) electrons. The van der Waals surface area contributed by atoms with Gasteiger partial charge in [-0.3, -0.25) is 9.63 Å². The third-order valence-corrected chi connectivity index (χ3v) is 1.91. The molecule has 0 saturated heterocycles. The minimum absolute atomic E-state index is 0.102. The van der Waals surface area contributed by atoms with Crippen molar-refractivity contribution in [2.24, 2.45) is 0 Å². The van der Waals surface area contributed by atoms with Gasteiger partial charge in [-0.2, -0.15) is 0 Å². The number of hydrogen-bond donors (Lipinski definition) is 0. The van der Waals surface area contributed by atoms with Crippen molar-refractivity contribution >= 4 is 17.7 Å². The van der Waals surface area contributed by atoms with Crippen molar-refractivity contribution in [3.8, 4) is 0 Å². The van der Waals surface area contributed by atoms with Crippen LogP contribution in [0.5, 0.6) is 0 Å². The summed E-state index contributed by atoms with van der Waals surface area (Å²) in [7, 11) is 0. The largest absolute Gasteiger partial charge is 0.463 e. The topological polar surface area (TPSA) is 78.7 Å². The number of thioether (sulfide) groups is 1. The predicted molar refractivity (Wildman–Crippen MR) is 46.6 cm³/mol. The van der Waals surface area contributed by atoms with Crippen LogP contribution in [0.15, 0.2) is 0 Å². The second-order valence-electron chi connectivity index (χ2n) is 2.02. The van der Waals surface area contributed by atoms with Gasteiger partial charge in [0.2, 0.25) is 0 Å². The van der Waals surface area contributed by atoms with Crippen molar-refractivity contribution in [2.45, 2.75) is 19.3 Å². The minimum atomic E-state index is -0.892. The quantitative estimate of drug-likeness (QED) is 0.279. The van der Waals surface area contributed by atoms with E-state index in [9.17, 15) is 14.9 Å². The fourth-order valence-corrected chi connectivity index (χ4v) is 1.24. The van der Waals surface area contributed by atoms with E-state index in [1.54, 1.807) is 0 Å². The molecule has 0 rings (SSSR count). The SMILES string of the molecule is CCSC(COC(C)=O)O[N+](=O)[O-]. The fourth-order valence-electron chi connectivity index (χ4n) is 0.576. The molecule has 1 atom stereocenters. The van der Waals surface area contributed by atoms with E-state index in [1.807, 2.05) is 6.92 Å². The average Bonchev–Trinajstić information content (AvgIpc) is 1.99. The number of esters is 1. The van der Waals surface area contributed by atoms with Crippen molar-refractivity contribution in [1.29, 1.82) is 0 Å². The van der Waals surface area contributed by atoms with E-state index in [1.165, 1.54) is 18.7 Å². The van der Waals surface area contributed by atoms with Crippen LogP contribution < -0.4 is 0 Å². The number of rotatable bonds is 6. The highest BCUT2D eigenvalue weighted by atomic mass is 32.2. The van der Waals surface area contributed by atoms with Crippen LogP contribution in [-0.2, 0) is 14.4 Å². The summed E-state index contributed by atoms with van der Waals surface area (Å²) in [5, 5.41) is 9.07. The van der Waals surface area contributed by atoms with Gasteiger partial charge < -0.3 is 4.74 Å². The number of carbonyl (C=O) groups excluding carboxylic acids is 1. The lowest BCUT2D eigenvalue weighted by atomic mass is 10.7. The Labute approximate surface area is 79.7 Å². The standard InChI is InChI=1S/C6H11NO5S/c1-3-13-6(12-7(9)10)4-11-5(2)8/h6H,3-4H2,1-2H3. The first-order chi connectivity index (χ1) is 6.06. The highest BCUT2D eigenvalue weighted by Gasteiger charge is 2.14. The summed E-state index contributed by atoms with van der Waals surface area (Å²) in [5.41, 5.74) is -0.733. The van der Waals surface area contributed by atoms with Gasteiger partial charge in [0, 0.05) is 6.92 Å². The predicted octanol–water partition coefficient (Wildman–Crippen LogP) is 0.837. The molecule has 0 heterocycles. The number of nitrogens with zero attached hydrogens (tertiary/aromatic N) is 1. The third kappa shape index (κ3) is 7.38. The lowest BCUT2D eigenvalue weighted by Crippen LogP contribution is -2.21. The average molecular weight is 209 g/mol. The molecular formula is C6H11NO5S. The first-order valence-electron chi connectivity index (χ1n) is 3.62. The van der Waals surface area contributed by atoms with Gasteiger partial charge in [-0.1, -0.05) is 6.92 Å². The van der Waals surface area contributed by atoms with Crippen LogP contribution in [0.1, 0.15) is 13.8 Å². The van der Waals surface area contributed by atoms with Gasteiger partial charge in [-0.15, -0.1) is 21.9 Å². The molecule has 76 valence electrons. The molecule has 0 aromatic heterocycles. The first kappa shape index (κ1) is 12.0. The van der Waals surface area contributed by atoms with Crippen molar-refractivity contribution < 1.29 is 19.5 Å². The Morgan fingerprint density at radius 3 is 2.69 bits per heavy atom. The monoisotopic (exact) mass is 209 g/mol. The molecule has 0 aliphatic heterocycles. The van der Waals surface area contributed by atoms with Crippen LogP contribution in [0, 0.1) is 10.1 Å². The van der Waals surface area contributed by atoms with Crippen LogP contribution >= 0.6 is 11.8 Å². The van der Waals surface area contributed by atoms with Crippen LogP contribution in [0.4, 0.5) is 0 Å². The number of carbonyl (C=O) groups is 1. The molecule has 7 heteroatoms. The summed E-state index contributed by atoms with van der Waals surface area (Å²) in [6.07, 6.45) is 0. The molecular weight excluding hydrogens is 198 g/mol. The van der Waals surface area contributed by atoms with Crippen molar-refractivity contribution in [3.05, 3.63) is 10.1 Å². The van der Waals surface area contributed by atoms with E-state index in [0.717, 1.165) is 0 Å². The van der Waals surface area contributed by atoms with E-state index >= 15 is 0 Å². The Morgan fingerprint density at radius 1 is 1.69 bits per heavy atom. The highest BCUT2D eigenvalue weighted by molar-refractivity contribution is 7.99. The number of hydrogen-bond acceptors (Lipinski definition) is 6. The molecule has 13 heavy (non-hydrogen) atoms. The van der Waals surface area contributed by atoms with Crippen LogP contribution in [0.25, 0.3) is 0 Å².